The highest BCUT2D eigenvalue weighted by Gasteiger charge is 2.31. The zero-order valence-corrected chi connectivity index (χ0v) is 12.7. The van der Waals surface area contributed by atoms with Crippen LogP contribution >= 0.6 is 0 Å². The maximum absolute atomic E-state index is 12.6. The SMILES string of the molecule is CCO[C@H](C)C(=O)N1CCCCC[C@@H]1c1ccc(C)o1. The summed E-state index contributed by atoms with van der Waals surface area (Å²) in [5, 5.41) is 0. The predicted molar refractivity (Wildman–Crippen MR) is 77.5 cm³/mol. The van der Waals surface area contributed by atoms with Crippen LogP contribution in [0.25, 0.3) is 0 Å². The number of nitrogens with zero attached hydrogens (tertiary/aromatic N) is 1. The van der Waals surface area contributed by atoms with Gasteiger partial charge in [-0.2, -0.15) is 0 Å². The van der Waals surface area contributed by atoms with E-state index in [2.05, 4.69) is 0 Å². The highest BCUT2D eigenvalue weighted by atomic mass is 16.5. The third-order valence-corrected chi connectivity index (χ3v) is 3.89. The van der Waals surface area contributed by atoms with E-state index >= 15 is 0 Å². The fourth-order valence-corrected chi connectivity index (χ4v) is 2.86. The van der Waals surface area contributed by atoms with Crippen molar-refractivity contribution in [2.24, 2.45) is 0 Å². The topological polar surface area (TPSA) is 42.7 Å². The van der Waals surface area contributed by atoms with E-state index in [1.165, 1.54) is 6.42 Å². The molecule has 1 aliphatic rings. The second-order valence-electron chi connectivity index (χ2n) is 5.44. The van der Waals surface area contributed by atoms with Crippen LogP contribution in [0.1, 0.15) is 57.1 Å². The Balaban J connectivity index is 2.18. The molecule has 4 nitrogen and oxygen atoms in total. The van der Waals surface area contributed by atoms with Crippen LogP contribution in [0.3, 0.4) is 0 Å². The number of aryl methyl sites for hydroxylation is 1. The lowest BCUT2D eigenvalue weighted by molar-refractivity contribution is -0.145. The third kappa shape index (κ3) is 3.42. The Kier molecular flexibility index (Phi) is 5.24. The van der Waals surface area contributed by atoms with Crippen molar-refractivity contribution in [1.29, 1.82) is 0 Å². The van der Waals surface area contributed by atoms with Gasteiger partial charge in [-0.3, -0.25) is 4.79 Å². The maximum Gasteiger partial charge on any atom is 0.252 e. The monoisotopic (exact) mass is 279 g/mol. The normalized spacial score (nSPS) is 21.6. The van der Waals surface area contributed by atoms with Gasteiger partial charge in [0.05, 0.1) is 6.04 Å². The average molecular weight is 279 g/mol. The molecule has 1 aromatic rings. The summed E-state index contributed by atoms with van der Waals surface area (Å²) in [6, 6.07) is 4.02. The first-order chi connectivity index (χ1) is 9.63. The van der Waals surface area contributed by atoms with E-state index < -0.39 is 0 Å². The molecule has 1 aliphatic heterocycles. The fourth-order valence-electron chi connectivity index (χ4n) is 2.86. The van der Waals surface area contributed by atoms with E-state index in [1.807, 2.05) is 37.8 Å². The van der Waals surface area contributed by atoms with E-state index in [-0.39, 0.29) is 18.1 Å². The molecule has 2 rings (SSSR count). The summed E-state index contributed by atoms with van der Waals surface area (Å²) in [4.78, 5) is 14.5. The molecule has 1 fully saturated rings. The van der Waals surface area contributed by atoms with Crippen LogP contribution in [0.4, 0.5) is 0 Å². The Morgan fingerprint density at radius 3 is 2.90 bits per heavy atom. The van der Waals surface area contributed by atoms with Gasteiger partial charge < -0.3 is 14.1 Å². The number of furan rings is 1. The summed E-state index contributed by atoms with van der Waals surface area (Å²) in [5.41, 5.74) is 0. The maximum atomic E-state index is 12.6. The number of hydrogen-bond acceptors (Lipinski definition) is 3. The van der Waals surface area contributed by atoms with Crippen molar-refractivity contribution in [2.75, 3.05) is 13.2 Å². The van der Waals surface area contributed by atoms with Crippen molar-refractivity contribution in [1.82, 2.24) is 4.90 Å². The molecule has 0 unspecified atom stereocenters. The van der Waals surface area contributed by atoms with Crippen LogP contribution in [0.15, 0.2) is 16.5 Å². The molecule has 20 heavy (non-hydrogen) atoms. The van der Waals surface area contributed by atoms with Gasteiger partial charge >= 0.3 is 0 Å². The van der Waals surface area contributed by atoms with Crippen molar-refractivity contribution in [3.8, 4) is 0 Å². The second kappa shape index (κ2) is 6.93. The largest absolute Gasteiger partial charge is 0.464 e. The van der Waals surface area contributed by atoms with Crippen LogP contribution in [-0.2, 0) is 9.53 Å². The van der Waals surface area contributed by atoms with Gasteiger partial charge in [-0.25, -0.2) is 0 Å². The molecular weight excluding hydrogens is 254 g/mol. The van der Waals surface area contributed by atoms with Gasteiger partial charge in [0.2, 0.25) is 0 Å². The number of hydrogen-bond donors (Lipinski definition) is 0. The lowest BCUT2D eigenvalue weighted by Gasteiger charge is -2.30. The first-order valence-electron chi connectivity index (χ1n) is 7.62. The fraction of sp³-hybridized carbons (Fsp3) is 0.688. The lowest BCUT2D eigenvalue weighted by Crippen LogP contribution is -2.41. The molecule has 112 valence electrons. The molecule has 1 aromatic heterocycles. The molecule has 4 heteroatoms. The van der Waals surface area contributed by atoms with E-state index in [0.717, 1.165) is 37.3 Å². The standard InChI is InChI=1S/C16H25NO3/c1-4-19-13(3)16(18)17-11-7-5-6-8-14(17)15-10-9-12(2)20-15/h9-10,13-14H,4-8,11H2,1-3H3/t13-,14-/m1/s1. The Morgan fingerprint density at radius 2 is 2.25 bits per heavy atom. The van der Waals surface area contributed by atoms with Crippen molar-refractivity contribution in [3.63, 3.8) is 0 Å². The molecule has 1 amide bonds. The minimum absolute atomic E-state index is 0.0570. The number of carbonyl (C=O) groups is 1. The van der Waals surface area contributed by atoms with Gasteiger partial charge in [-0.1, -0.05) is 12.8 Å². The summed E-state index contributed by atoms with van der Waals surface area (Å²) in [7, 11) is 0. The molecule has 0 bridgehead atoms. The summed E-state index contributed by atoms with van der Waals surface area (Å²) in [6.45, 7) is 7.04. The summed E-state index contributed by atoms with van der Waals surface area (Å²) in [6.07, 6.45) is 3.95. The first kappa shape index (κ1) is 15.1. The molecule has 0 spiro atoms. The lowest BCUT2D eigenvalue weighted by atomic mass is 10.1. The molecular formula is C16H25NO3. The summed E-state index contributed by atoms with van der Waals surface area (Å²) in [5.74, 6) is 1.88. The van der Waals surface area contributed by atoms with E-state index in [4.69, 9.17) is 9.15 Å². The molecule has 2 heterocycles. The van der Waals surface area contributed by atoms with Gasteiger partial charge in [0.1, 0.15) is 17.6 Å². The van der Waals surface area contributed by atoms with Crippen LogP contribution in [-0.4, -0.2) is 30.1 Å². The Hall–Kier alpha value is -1.29. The average Bonchev–Trinajstić information content (AvgIpc) is 2.72. The van der Waals surface area contributed by atoms with Gasteiger partial charge in [0, 0.05) is 13.2 Å². The molecule has 0 saturated carbocycles. The van der Waals surface area contributed by atoms with Gasteiger partial charge in [0.15, 0.2) is 0 Å². The number of likely N-dealkylation sites (tertiary alicyclic amines) is 1. The molecule has 0 aromatic carbocycles. The number of amides is 1. The van der Waals surface area contributed by atoms with E-state index in [0.29, 0.717) is 6.61 Å². The van der Waals surface area contributed by atoms with Crippen LogP contribution in [0.5, 0.6) is 0 Å². The third-order valence-electron chi connectivity index (χ3n) is 3.89. The van der Waals surface area contributed by atoms with Crippen molar-refractivity contribution in [3.05, 3.63) is 23.7 Å². The Labute approximate surface area is 121 Å². The van der Waals surface area contributed by atoms with Gasteiger partial charge in [-0.15, -0.1) is 0 Å². The number of rotatable bonds is 4. The highest BCUT2D eigenvalue weighted by Crippen LogP contribution is 2.31. The smallest absolute Gasteiger partial charge is 0.252 e. The summed E-state index contributed by atoms with van der Waals surface area (Å²) >= 11 is 0. The van der Waals surface area contributed by atoms with Crippen LogP contribution < -0.4 is 0 Å². The molecule has 2 atom stereocenters. The van der Waals surface area contributed by atoms with Crippen molar-refractivity contribution >= 4 is 5.91 Å². The number of carbonyl (C=O) groups excluding carboxylic acids is 1. The van der Waals surface area contributed by atoms with E-state index in [1.54, 1.807) is 0 Å². The van der Waals surface area contributed by atoms with Crippen molar-refractivity contribution < 1.29 is 13.9 Å². The molecule has 0 radical (unpaired) electrons. The molecule has 0 N–H and O–H groups in total. The minimum Gasteiger partial charge on any atom is -0.464 e. The first-order valence-corrected chi connectivity index (χ1v) is 7.62. The quantitative estimate of drug-likeness (QED) is 0.847. The van der Waals surface area contributed by atoms with Crippen LogP contribution in [0, 0.1) is 6.92 Å². The predicted octanol–water partition coefficient (Wildman–Crippen LogP) is 3.46. The second-order valence-corrected chi connectivity index (χ2v) is 5.44. The minimum atomic E-state index is -0.378. The molecule has 1 saturated heterocycles. The van der Waals surface area contributed by atoms with Crippen molar-refractivity contribution in [2.45, 2.75) is 58.6 Å². The zero-order chi connectivity index (χ0) is 14.5. The van der Waals surface area contributed by atoms with Crippen LogP contribution in [0.2, 0.25) is 0 Å². The zero-order valence-electron chi connectivity index (χ0n) is 12.7. The van der Waals surface area contributed by atoms with Gasteiger partial charge in [-0.05, 0) is 45.7 Å². The highest BCUT2D eigenvalue weighted by molar-refractivity contribution is 5.81. The molecule has 0 aliphatic carbocycles. The Bertz CT molecular complexity index is 441. The summed E-state index contributed by atoms with van der Waals surface area (Å²) < 4.78 is 11.2. The van der Waals surface area contributed by atoms with Gasteiger partial charge in [0.25, 0.3) is 5.91 Å². The van der Waals surface area contributed by atoms with E-state index in [9.17, 15) is 4.79 Å². The number of ether oxygens (including phenoxy) is 1. The Morgan fingerprint density at radius 1 is 1.45 bits per heavy atom.